The summed E-state index contributed by atoms with van der Waals surface area (Å²) in [6.45, 7) is 3.64. The van der Waals surface area contributed by atoms with E-state index in [1.807, 2.05) is 13.8 Å². The van der Waals surface area contributed by atoms with Gasteiger partial charge in [-0.25, -0.2) is 4.79 Å². The Balaban J connectivity index is 2.59. The summed E-state index contributed by atoms with van der Waals surface area (Å²) in [4.78, 5) is 23.6. The minimum atomic E-state index is -0.647. The molecule has 116 valence electrons. The molecule has 0 fully saturated rings. The molecule has 0 radical (unpaired) electrons. The fourth-order valence-electron chi connectivity index (χ4n) is 1.81. The number of benzene rings is 1. The van der Waals surface area contributed by atoms with E-state index >= 15 is 0 Å². The zero-order valence-corrected chi connectivity index (χ0v) is 12.6. The molecule has 1 amide bonds. The number of nitrogens with two attached hydrogens (primary N) is 1. The average molecular weight is 294 g/mol. The van der Waals surface area contributed by atoms with Crippen molar-refractivity contribution >= 4 is 17.6 Å². The molecule has 0 bridgehead atoms. The summed E-state index contributed by atoms with van der Waals surface area (Å²) in [6, 6.07) is 4.78. The fraction of sp³-hybridized carbons (Fsp3) is 0.467. The molecule has 0 unspecified atom stereocenters. The fourth-order valence-corrected chi connectivity index (χ4v) is 1.81. The van der Waals surface area contributed by atoms with Gasteiger partial charge in [-0.3, -0.25) is 4.79 Å². The molecule has 21 heavy (non-hydrogen) atoms. The highest BCUT2D eigenvalue weighted by Gasteiger charge is 2.15. The maximum atomic E-state index is 11.9. The van der Waals surface area contributed by atoms with Crippen LogP contribution in [0.15, 0.2) is 18.2 Å². The van der Waals surface area contributed by atoms with Crippen LogP contribution in [0.2, 0.25) is 0 Å². The molecule has 1 aromatic rings. The summed E-state index contributed by atoms with van der Waals surface area (Å²) in [6.07, 6.45) is 1.66. The minimum absolute atomic E-state index is 0.0955. The van der Waals surface area contributed by atoms with Crippen LogP contribution in [-0.4, -0.2) is 31.6 Å². The van der Waals surface area contributed by atoms with E-state index in [-0.39, 0.29) is 29.8 Å². The summed E-state index contributed by atoms with van der Waals surface area (Å²) in [5.41, 5.74) is 6.18. The molecule has 0 aromatic heterocycles. The first-order chi connectivity index (χ1) is 10.0. The second-order valence-electron chi connectivity index (χ2n) is 4.61. The third-order valence-electron chi connectivity index (χ3n) is 3.17. The number of nitrogen functional groups attached to an aromatic ring is 1. The van der Waals surface area contributed by atoms with Crippen molar-refractivity contribution < 1.29 is 19.1 Å². The first-order valence-electron chi connectivity index (χ1n) is 6.91. The molecule has 0 saturated carbocycles. The molecular formula is C15H22N2O4. The van der Waals surface area contributed by atoms with Crippen molar-refractivity contribution in [3.63, 3.8) is 0 Å². The van der Waals surface area contributed by atoms with E-state index < -0.39 is 5.97 Å². The number of hydrogen-bond acceptors (Lipinski definition) is 5. The van der Waals surface area contributed by atoms with Gasteiger partial charge in [-0.2, -0.15) is 0 Å². The van der Waals surface area contributed by atoms with E-state index in [9.17, 15) is 9.59 Å². The highest BCUT2D eigenvalue weighted by atomic mass is 16.5. The van der Waals surface area contributed by atoms with E-state index in [0.29, 0.717) is 5.75 Å². The number of esters is 1. The van der Waals surface area contributed by atoms with Crippen LogP contribution < -0.4 is 15.8 Å². The van der Waals surface area contributed by atoms with Crippen molar-refractivity contribution in [2.24, 2.45) is 0 Å². The van der Waals surface area contributed by atoms with E-state index in [1.54, 1.807) is 12.1 Å². The summed E-state index contributed by atoms with van der Waals surface area (Å²) in [5, 5.41) is 2.79. The first kappa shape index (κ1) is 16.8. The number of anilines is 1. The predicted octanol–water partition coefficient (Wildman–Crippen LogP) is 1.74. The van der Waals surface area contributed by atoms with Gasteiger partial charge >= 0.3 is 5.97 Å². The summed E-state index contributed by atoms with van der Waals surface area (Å²) >= 11 is 0. The van der Waals surface area contributed by atoms with Gasteiger partial charge < -0.3 is 20.5 Å². The zero-order chi connectivity index (χ0) is 15.8. The minimum Gasteiger partial charge on any atom is -0.497 e. The molecule has 1 aromatic carbocycles. The Labute approximate surface area is 124 Å². The first-order valence-corrected chi connectivity index (χ1v) is 6.91. The van der Waals surface area contributed by atoms with Gasteiger partial charge in [0.1, 0.15) is 5.75 Å². The molecule has 1 rings (SSSR count). The molecule has 6 heteroatoms. The number of methoxy groups -OCH3 is 1. The monoisotopic (exact) mass is 294 g/mol. The van der Waals surface area contributed by atoms with Gasteiger partial charge in [-0.05, 0) is 31.0 Å². The normalized spacial score (nSPS) is 10.3. The van der Waals surface area contributed by atoms with E-state index in [1.165, 1.54) is 13.2 Å². The van der Waals surface area contributed by atoms with Crippen LogP contribution in [0.4, 0.5) is 5.69 Å². The van der Waals surface area contributed by atoms with Crippen LogP contribution >= 0.6 is 0 Å². The number of carbonyl (C=O) groups is 2. The lowest BCUT2D eigenvalue weighted by Crippen LogP contribution is -2.36. The summed E-state index contributed by atoms with van der Waals surface area (Å²) in [7, 11) is 1.49. The van der Waals surface area contributed by atoms with Gasteiger partial charge in [0.05, 0.1) is 12.7 Å². The number of hydrogen-bond donors (Lipinski definition) is 2. The van der Waals surface area contributed by atoms with Crippen LogP contribution in [0, 0.1) is 0 Å². The van der Waals surface area contributed by atoms with Gasteiger partial charge in [0, 0.05) is 11.7 Å². The highest BCUT2D eigenvalue weighted by molar-refractivity contribution is 5.96. The Morgan fingerprint density at radius 2 is 1.95 bits per heavy atom. The largest absolute Gasteiger partial charge is 0.497 e. The highest BCUT2D eigenvalue weighted by Crippen LogP contribution is 2.20. The van der Waals surface area contributed by atoms with Gasteiger partial charge in [-0.15, -0.1) is 0 Å². The topological polar surface area (TPSA) is 90.6 Å². The number of carbonyl (C=O) groups excluding carboxylic acids is 2. The van der Waals surface area contributed by atoms with Crippen LogP contribution in [0.5, 0.6) is 5.75 Å². The van der Waals surface area contributed by atoms with E-state index in [4.69, 9.17) is 15.2 Å². The van der Waals surface area contributed by atoms with Gasteiger partial charge in [-0.1, -0.05) is 13.8 Å². The Bertz CT molecular complexity index is 498. The molecule has 0 aliphatic heterocycles. The van der Waals surface area contributed by atoms with Crippen LogP contribution in [0.3, 0.4) is 0 Å². The SMILES string of the molecule is CCC(CC)NC(=O)COC(=O)c1cc(OC)ccc1N. The van der Waals surface area contributed by atoms with Crippen LogP contribution in [0.1, 0.15) is 37.0 Å². The maximum absolute atomic E-state index is 11.9. The lowest BCUT2D eigenvalue weighted by Gasteiger charge is -2.14. The molecule has 0 saturated heterocycles. The molecule has 0 aliphatic rings. The molecule has 0 heterocycles. The second-order valence-corrected chi connectivity index (χ2v) is 4.61. The predicted molar refractivity (Wildman–Crippen MR) is 80.2 cm³/mol. The van der Waals surface area contributed by atoms with Gasteiger partial charge in [0.2, 0.25) is 0 Å². The Morgan fingerprint density at radius 3 is 2.52 bits per heavy atom. The van der Waals surface area contributed by atoms with Crippen molar-refractivity contribution in [3.05, 3.63) is 23.8 Å². The Hall–Kier alpha value is -2.24. The Morgan fingerprint density at radius 1 is 1.29 bits per heavy atom. The maximum Gasteiger partial charge on any atom is 0.340 e. The molecule has 0 aliphatic carbocycles. The number of nitrogens with one attached hydrogen (secondary N) is 1. The van der Waals surface area contributed by atoms with E-state index in [0.717, 1.165) is 12.8 Å². The third kappa shape index (κ3) is 4.98. The summed E-state index contributed by atoms with van der Waals surface area (Å²) < 4.78 is 10.00. The van der Waals surface area contributed by atoms with Crippen LogP contribution in [-0.2, 0) is 9.53 Å². The lowest BCUT2D eigenvalue weighted by atomic mass is 10.1. The molecular weight excluding hydrogens is 272 g/mol. The third-order valence-corrected chi connectivity index (χ3v) is 3.17. The number of amides is 1. The van der Waals surface area contributed by atoms with Crippen molar-refractivity contribution in [1.29, 1.82) is 0 Å². The van der Waals surface area contributed by atoms with Gasteiger partial charge in [0.25, 0.3) is 5.91 Å². The number of ether oxygens (including phenoxy) is 2. The van der Waals surface area contributed by atoms with Crippen molar-refractivity contribution in [2.45, 2.75) is 32.7 Å². The zero-order valence-electron chi connectivity index (χ0n) is 12.6. The summed E-state index contributed by atoms with van der Waals surface area (Å²) in [5.74, 6) is -0.470. The standard InChI is InChI=1S/C15H22N2O4/c1-4-10(5-2)17-14(18)9-21-15(19)12-8-11(20-3)6-7-13(12)16/h6-8,10H,4-5,9,16H2,1-3H3,(H,17,18). The van der Waals surface area contributed by atoms with Gasteiger partial charge in [0.15, 0.2) is 6.61 Å². The van der Waals surface area contributed by atoms with E-state index in [2.05, 4.69) is 5.32 Å². The average Bonchev–Trinajstić information content (AvgIpc) is 2.50. The van der Waals surface area contributed by atoms with Crippen molar-refractivity contribution in [3.8, 4) is 5.75 Å². The second kappa shape index (κ2) is 8.14. The smallest absolute Gasteiger partial charge is 0.340 e. The molecule has 3 N–H and O–H groups in total. The quantitative estimate of drug-likeness (QED) is 0.590. The molecule has 0 spiro atoms. The number of rotatable bonds is 7. The molecule has 6 nitrogen and oxygen atoms in total. The van der Waals surface area contributed by atoms with Crippen molar-refractivity contribution in [2.75, 3.05) is 19.5 Å². The van der Waals surface area contributed by atoms with Crippen molar-refractivity contribution in [1.82, 2.24) is 5.32 Å². The Kier molecular flexibility index (Phi) is 6.52. The van der Waals surface area contributed by atoms with Crippen LogP contribution in [0.25, 0.3) is 0 Å². The molecule has 0 atom stereocenters. The lowest BCUT2D eigenvalue weighted by molar-refractivity contribution is -0.125.